The summed E-state index contributed by atoms with van der Waals surface area (Å²) in [6.07, 6.45) is 7.95. The van der Waals surface area contributed by atoms with Crippen LogP contribution in [0.15, 0.2) is 0 Å². The lowest BCUT2D eigenvalue weighted by atomic mass is 9.75. The number of urea groups is 1. The van der Waals surface area contributed by atoms with Gasteiger partial charge in [-0.05, 0) is 54.1 Å². The molecule has 4 atom stereocenters. The zero-order valence-electron chi connectivity index (χ0n) is 27.3. The van der Waals surface area contributed by atoms with Gasteiger partial charge < -0.3 is 26.6 Å². The van der Waals surface area contributed by atoms with Crippen molar-refractivity contribution < 1.29 is 24.0 Å². The van der Waals surface area contributed by atoms with Crippen LogP contribution in [-0.2, 0) is 19.2 Å². The number of rotatable bonds is 12. The first-order valence-corrected chi connectivity index (χ1v) is 17.3. The Morgan fingerprint density at radius 1 is 0.953 bits per heavy atom. The summed E-state index contributed by atoms with van der Waals surface area (Å²) in [5.41, 5.74) is 4.07. The molecule has 0 aromatic heterocycles. The Labute approximate surface area is 262 Å². The Kier molecular flexibility index (Phi) is 11.6. The van der Waals surface area contributed by atoms with Crippen LogP contribution in [-0.4, -0.2) is 76.2 Å². The van der Waals surface area contributed by atoms with Gasteiger partial charge in [0.15, 0.2) is 0 Å². The second-order valence-corrected chi connectivity index (χ2v) is 16.4. The van der Waals surface area contributed by atoms with Gasteiger partial charge in [-0.15, -0.1) is 0 Å². The topological polar surface area (TPSA) is 151 Å². The van der Waals surface area contributed by atoms with Crippen LogP contribution in [0.4, 0.5) is 4.79 Å². The van der Waals surface area contributed by atoms with E-state index in [4.69, 9.17) is 5.73 Å². The zero-order chi connectivity index (χ0) is 32.2. The van der Waals surface area contributed by atoms with E-state index in [1.54, 1.807) is 4.90 Å². The number of likely N-dealkylation sites (tertiary alicyclic amines) is 1. The third-order valence-electron chi connectivity index (χ3n) is 9.36. The molecule has 5 N–H and O–H groups in total. The Hall–Kier alpha value is -2.30. The Morgan fingerprint density at radius 2 is 1.58 bits per heavy atom. The van der Waals surface area contributed by atoms with Crippen molar-refractivity contribution in [1.29, 1.82) is 0 Å². The average Bonchev–Trinajstić information content (AvgIpc) is 3.61. The highest BCUT2D eigenvalue weighted by Gasteiger charge is 2.50. The van der Waals surface area contributed by atoms with Gasteiger partial charge in [-0.3, -0.25) is 19.2 Å². The van der Waals surface area contributed by atoms with Gasteiger partial charge in [-0.1, -0.05) is 80.6 Å². The molecular weight excluding hydrogens is 566 g/mol. The molecule has 1 aliphatic heterocycles. The lowest BCUT2D eigenvalue weighted by Gasteiger charge is -2.41. The van der Waals surface area contributed by atoms with Gasteiger partial charge >= 0.3 is 6.03 Å². The molecule has 1 heterocycles. The van der Waals surface area contributed by atoms with Crippen molar-refractivity contribution >= 4 is 41.3 Å². The molecule has 43 heavy (non-hydrogen) atoms. The van der Waals surface area contributed by atoms with Crippen molar-refractivity contribution in [2.75, 3.05) is 18.1 Å². The van der Waals surface area contributed by atoms with Crippen molar-refractivity contribution in [3.8, 4) is 0 Å². The largest absolute Gasteiger partial charge is 0.363 e. The van der Waals surface area contributed by atoms with Crippen LogP contribution in [0.1, 0.15) is 106 Å². The number of carbonyl (C=O) groups is 5. The lowest BCUT2D eigenvalue weighted by Crippen LogP contribution is -2.63. The fourth-order valence-corrected chi connectivity index (χ4v) is 7.63. The van der Waals surface area contributed by atoms with Crippen molar-refractivity contribution in [2.24, 2.45) is 28.4 Å². The van der Waals surface area contributed by atoms with Crippen LogP contribution in [0.25, 0.3) is 0 Å². The number of hydrogen-bond acceptors (Lipinski definition) is 6. The summed E-state index contributed by atoms with van der Waals surface area (Å²) in [6, 6.07) is -3.10. The lowest BCUT2D eigenvalue weighted by molar-refractivity contribution is -0.145. The molecule has 0 bridgehead atoms. The van der Waals surface area contributed by atoms with E-state index in [2.05, 4.69) is 22.9 Å². The summed E-state index contributed by atoms with van der Waals surface area (Å²) in [4.78, 5) is 67.8. The number of ketones is 1. The Balaban J connectivity index is 1.84. The summed E-state index contributed by atoms with van der Waals surface area (Å²) < 4.78 is 0. The van der Waals surface area contributed by atoms with Crippen molar-refractivity contribution in [3.63, 3.8) is 0 Å². The minimum atomic E-state index is -1.08. The first-order chi connectivity index (χ1) is 20.0. The molecule has 244 valence electrons. The van der Waals surface area contributed by atoms with Crippen LogP contribution in [0, 0.1) is 22.7 Å². The number of amides is 5. The molecule has 10 nitrogen and oxygen atoms in total. The summed E-state index contributed by atoms with van der Waals surface area (Å²) in [7, 11) is 0. The molecule has 1 saturated heterocycles. The van der Waals surface area contributed by atoms with Gasteiger partial charge in [0.25, 0.3) is 5.91 Å². The van der Waals surface area contributed by atoms with Crippen LogP contribution >= 0.6 is 11.8 Å². The fourth-order valence-electron chi connectivity index (χ4n) is 6.67. The van der Waals surface area contributed by atoms with Gasteiger partial charge in [-0.25, -0.2) is 4.79 Å². The molecule has 0 spiro atoms. The van der Waals surface area contributed by atoms with Gasteiger partial charge in [-0.2, -0.15) is 11.8 Å². The standard InChI is InChI=1S/C32H55N5O5S/c1-8-43-19-32(15-10-9-11-16-32)36-29(42)35-25(31(5,6)7)28(41)37-17-14-21(30(2,3)4)23(37)27(40)34-22(18-20-12-13-20)24(38)26(33)39/h20-23,25H,8-19H2,1-7H3,(H2,33,39)(H,34,40)(H2,35,36,42)/t21?,22?,23-,25+/m0/s1. The molecule has 5 amide bonds. The number of nitrogens with one attached hydrogen (secondary N) is 3. The van der Waals surface area contributed by atoms with Crippen molar-refractivity contribution in [2.45, 2.75) is 130 Å². The molecule has 2 unspecified atom stereocenters. The van der Waals surface area contributed by atoms with Crippen LogP contribution in [0.3, 0.4) is 0 Å². The fraction of sp³-hybridized carbons (Fsp3) is 0.844. The number of primary amides is 1. The SMILES string of the molecule is CCSCC1(NC(=O)N[C@H](C(=O)N2CCC(C(C)(C)C)[C@H]2C(=O)NC(CC2CC2)C(=O)C(N)=O)C(C)(C)C)CCCCC1. The van der Waals surface area contributed by atoms with E-state index in [1.165, 1.54) is 0 Å². The quantitative estimate of drug-likeness (QED) is 0.244. The maximum absolute atomic E-state index is 14.3. The van der Waals surface area contributed by atoms with E-state index in [0.717, 1.165) is 56.5 Å². The molecule has 2 saturated carbocycles. The highest BCUT2D eigenvalue weighted by atomic mass is 32.2. The second kappa shape index (κ2) is 14.2. The molecule has 3 rings (SSSR count). The monoisotopic (exact) mass is 621 g/mol. The zero-order valence-corrected chi connectivity index (χ0v) is 28.2. The number of thioether (sulfide) groups is 1. The van der Waals surface area contributed by atoms with E-state index in [9.17, 15) is 24.0 Å². The molecule has 3 aliphatic rings. The minimum Gasteiger partial charge on any atom is -0.363 e. The van der Waals surface area contributed by atoms with Crippen LogP contribution in [0.5, 0.6) is 0 Å². The van der Waals surface area contributed by atoms with Gasteiger partial charge in [0.1, 0.15) is 12.1 Å². The molecule has 0 radical (unpaired) electrons. The van der Waals surface area contributed by atoms with Crippen molar-refractivity contribution in [3.05, 3.63) is 0 Å². The third-order valence-corrected chi connectivity index (χ3v) is 10.5. The van der Waals surface area contributed by atoms with E-state index in [1.807, 2.05) is 53.3 Å². The second-order valence-electron chi connectivity index (χ2n) is 15.1. The smallest absolute Gasteiger partial charge is 0.315 e. The summed E-state index contributed by atoms with van der Waals surface area (Å²) in [5.74, 6) is -0.790. The van der Waals surface area contributed by atoms with Gasteiger partial charge in [0.05, 0.1) is 11.6 Å². The predicted octanol–water partition coefficient (Wildman–Crippen LogP) is 3.76. The number of nitrogens with zero attached hydrogens (tertiary/aromatic N) is 1. The molecular formula is C32H55N5O5S. The highest BCUT2D eigenvalue weighted by molar-refractivity contribution is 7.99. The van der Waals surface area contributed by atoms with E-state index >= 15 is 0 Å². The first kappa shape index (κ1) is 35.2. The molecule has 0 aromatic rings. The van der Waals surface area contributed by atoms with Crippen molar-refractivity contribution in [1.82, 2.24) is 20.9 Å². The van der Waals surface area contributed by atoms with E-state index < -0.39 is 41.1 Å². The number of hydrogen-bond donors (Lipinski definition) is 4. The van der Waals surface area contributed by atoms with Crippen LogP contribution < -0.4 is 21.7 Å². The molecule has 2 aliphatic carbocycles. The third kappa shape index (κ3) is 9.35. The predicted molar refractivity (Wildman–Crippen MR) is 170 cm³/mol. The van der Waals surface area contributed by atoms with Gasteiger partial charge in [0, 0.05) is 12.3 Å². The molecule has 3 fully saturated rings. The van der Waals surface area contributed by atoms with E-state index in [0.29, 0.717) is 19.4 Å². The highest BCUT2D eigenvalue weighted by Crippen LogP contribution is 2.40. The van der Waals surface area contributed by atoms with Crippen LogP contribution in [0.2, 0.25) is 0 Å². The average molecular weight is 622 g/mol. The summed E-state index contributed by atoms with van der Waals surface area (Å²) >= 11 is 1.81. The maximum Gasteiger partial charge on any atom is 0.315 e. The number of nitrogens with two attached hydrogens (primary N) is 1. The normalized spacial score (nSPS) is 23.7. The van der Waals surface area contributed by atoms with Gasteiger partial charge in [0.2, 0.25) is 17.6 Å². The number of Topliss-reactive ketones (excluding diaryl/α,β-unsaturated/α-hetero) is 1. The Morgan fingerprint density at radius 3 is 2.09 bits per heavy atom. The summed E-state index contributed by atoms with van der Waals surface area (Å²) in [5, 5.41) is 9.07. The molecule has 0 aromatic carbocycles. The van der Waals surface area contributed by atoms with E-state index in [-0.39, 0.29) is 34.7 Å². The minimum absolute atomic E-state index is 0.187. The Bertz CT molecular complexity index is 1040. The first-order valence-electron chi connectivity index (χ1n) is 16.1. The number of carbonyl (C=O) groups excluding carboxylic acids is 5. The molecule has 11 heteroatoms. The summed E-state index contributed by atoms with van der Waals surface area (Å²) in [6.45, 7) is 14.3. The maximum atomic E-state index is 14.3.